The molecule has 124 valence electrons. The zero-order valence-corrected chi connectivity index (χ0v) is 14.8. The number of likely N-dealkylation sites (N-methyl/N-ethyl adjacent to an activating group) is 1. The van der Waals surface area contributed by atoms with Crippen LogP contribution in [-0.4, -0.2) is 37.0 Å². The van der Waals surface area contributed by atoms with Gasteiger partial charge in [-0.25, -0.2) is 0 Å². The highest BCUT2D eigenvalue weighted by molar-refractivity contribution is 6.35. The van der Waals surface area contributed by atoms with Gasteiger partial charge in [-0.05, 0) is 44.0 Å². The van der Waals surface area contributed by atoms with E-state index in [1.807, 2.05) is 7.05 Å². The van der Waals surface area contributed by atoms with Gasteiger partial charge in [0.05, 0.1) is 10.7 Å². The predicted molar refractivity (Wildman–Crippen MR) is 95.2 cm³/mol. The molecule has 0 aromatic heterocycles. The molecule has 1 atom stereocenters. The minimum atomic E-state index is -0.0717. The normalized spacial score (nSPS) is 15.3. The van der Waals surface area contributed by atoms with Crippen molar-refractivity contribution >= 4 is 47.2 Å². The number of amides is 1. The summed E-state index contributed by atoms with van der Waals surface area (Å²) < 4.78 is 0. The number of anilines is 1. The summed E-state index contributed by atoms with van der Waals surface area (Å²) >= 11 is 11.9. The lowest BCUT2D eigenvalue weighted by molar-refractivity contribution is -0.116. The van der Waals surface area contributed by atoms with Crippen LogP contribution in [0.3, 0.4) is 0 Å². The second-order valence-electron chi connectivity index (χ2n) is 5.54. The average Bonchev–Trinajstić information content (AvgIpc) is 3.26. The fourth-order valence-corrected chi connectivity index (χ4v) is 2.80. The van der Waals surface area contributed by atoms with E-state index in [0.717, 1.165) is 0 Å². The van der Waals surface area contributed by atoms with Gasteiger partial charge in [0.1, 0.15) is 0 Å². The standard InChI is InChI=1S/C15H21Cl2N3O.ClH/c1-20(14(9-18)10-2-3-10)7-6-15(21)19-13-8-11(16)4-5-12(13)17;/h4-5,8,10,14H,2-3,6-7,9,18H2,1H3,(H,19,21);1H. The summed E-state index contributed by atoms with van der Waals surface area (Å²) in [5, 5.41) is 3.83. The van der Waals surface area contributed by atoms with Crippen molar-refractivity contribution in [2.24, 2.45) is 11.7 Å². The molecule has 4 nitrogen and oxygen atoms in total. The van der Waals surface area contributed by atoms with E-state index < -0.39 is 0 Å². The molecule has 1 saturated carbocycles. The second kappa shape index (κ2) is 8.94. The average molecular weight is 367 g/mol. The van der Waals surface area contributed by atoms with Crippen molar-refractivity contribution in [2.45, 2.75) is 25.3 Å². The molecular formula is C15H22Cl3N3O. The van der Waals surface area contributed by atoms with Crippen molar-refractivity contribution < 1.29 is 4.79 Å². The van der Waals surface area contributed by atoms with Crippen molar-refractivity contribution in [1.82, 2.24) is 4.90 Å². The van der Waals surface area contributed by atoms with E-state index in [9.17, 15) is 4.79 Å². The monoisotopic (exact) mass is 365 g/mol. The Morgan fingerprint density at radius 3 is 2.73 bits per heavy atom. The third-order valence-electron chi connectivity index (χ3n) is 3.87. The number of rotatable bonds is 7. The summed E-state index contributed by atoms with van der Waals surface area (Å²) in [6, 6.07) is 5.39. The lowest BCUT2D eigenvalue weighted by Crippen LogP contribution is -2.40. The maximum Gasteiger partial charge on any atom is 0.225 e. The van der Waals surface area contributed by atoms with Crippen LogP contribution in [0.4, 0.5) is 5.69 Å². The number of carbonyl (C=O) groups excluding carboxylic acids is 1. The van der Waals surface area contributed by atoms with E-state index in [4.69, 9.17) is 28.9 Å². The molecule has 0 spiro atoms. The quantitative estimate of drug-likeness (QED) is 0.777. The first-order valence-corrected chi connectivity index (χ1v) is 7.92. The maximum atomic E-state index is 12.0. The Balaban J connectivity index is 0.00000242. The first kappa shape index (κ1) is 19.5. The number of hydrogen-bond donors (Lipinski definition) is 2. The number of halogens is 3. The molecule has 3 N–H and O–H groups in total. The first-order chi connectivity index (χ1) is 10.0. The molecule has 7 heteroatoms. The molecule has 1 aliphatic carbocycles. The van der Waals surface area contributed by atoms with Crippen LogP contribution in [0.25, 0.3) is 0 Å². The van der Waals surface area contributed by atoms with Crippen LogP contribution in [0.1, 0.15) is 19.3 Å². The fraction of sp³-hybridized carbons (Fsp3) is 0.533. The van der Waals surface area contributed by atoms with Crippen molar-refractivity contribution in [3.8, 4) is 0 Å². The Morgan fingerprint density at radius 2 is 2.14 bits per heavy atom. The molecule has 0 aliphatic heterocycles. The van der Waals surface area contributed by atoms with Gasteiger partial charge < -0.3 is 16.0 Å². The van der Waals surface area contributed by atoms with Crippen LogP contribution >= 0.6 is 35.6 Å². The zero-order valence-electron chi connectivity index (χ0n) is 12.5. The molecule has 0 saturated heterocycles. The highest BCUT2D eigenvalue weighted by Crippen LogP contribution is 2.34. The van der Waals surface area contributed by atoms with E-state index >= 15 is 0 Å². The summed E-state index contributed by atoms with van der Waals surface area (Å²) in [6.07, 6.45) is 2.90. The van der Waals surface area contributed by atoms with Crippen LogP contribution in [0.2, 0.25) is 10.0 Å². The Morgan fingerprint density at radius 1 is 1.45 bits per heavy atom. The number of benzene rings is 1. The van der Waals surface area contributed by atoms with Crippen LogP contribution in [0, 0.1) is 5.92 Å². The molecule has 1 unspecified atom stereocenters. The molecular weight excluding hydrogens is 345 g/mol. The van der Waals surface area contributed by atoms with Crippen molar-refractivity contribution in [3.63, 3.8) is 0 Å². The molecule has 1 aromatic rings. The molecule has 1 fully saturated rings. The number of nitrogens with one attached hydrogen (secondary N) is 1. The van der Waals surface area contributed by atoms with Gasteiger partial charge in [-0.1, -0.05) is 23.2 Å². The number of nitrogens with two attached hydrogens (primary N) is 1. The Labute approximate surface area is 147 Å². The number of nitrogens with zero attached hydrogens (tertiary/aromatic N) is 1. The zero-order chi connectivity index (χ0) is 15.4. The minimum Gasteiger partial charge on any atom is -0.329 e. The van der Waals surface area contributed by atoms with Crippen LogP contribution in [0.5, 0.6) is 0 Å². The van der Waals surface area contributed by atoms with Gasteiger partial charge >= 0.3 is 0 Å². The van der Waals surface area contributed by atoms with Crippen molar-refractivity contribution in [2.75, 3.05) is 25.5 Å². The molecule has 1 aliphatic rings. The summed E-state index contributed by atoms with van der Waals surface area (Å²) in [5.41, 5.74) is 6.36. The van der Waals surface area contributed by atoms with E-state index in [1.54, 1.807) is 18.2 Å². The molecule has 0 radical (unpaired) electrons. The third kappa shape index (κ3) is 5.60. The molecule has 2 rings (SSSR count). The van der Waals surface area contributed by atoms with Crippen LogP contribution in [0.15, 0.2) is 18.2 Å². The molecule has 0 heterocycles. The van der Waals surface area contributed by atoms with Gasteiger partial charge in [0.15, 0.2) is 0 Å². The Bertz CT molecular complexity index is 509. The van der Waals surface area contributed by atoms with Crippen LogP contribution in [-0.2, 0) is 4.79 Å². The number of carbonyl (C=O) groups is 1. The van der Waals surface area contributed by atoms with Crippen molar-refractivity contribution in [3.05, 3.63) is 28.2 Å². The highest BCUT2D eigenvalue weighted by Gasteiger charge is 2.32. The summed E-state index contributed by atoms with van der Waals surface area (Å²) in [6.45, 7) is 1.32. The molecule has 22 heavy (non-hydrogen) atoms. The number of hydrogen-bond acceptors (Lipinski definition) is 3. The van der Waals surface area contributed by atoms with Gasteiger partial charge in [-0.2, -0.15) is 0 Å². The second-order valence-corrected chi connectivity index (χ2v) is 6.39. The van der Waals surface area contributed by atoms with E-state index in [1.165, 1.54) is 12.8 Å². The van der Waals surface area contributed by atoms with Crippen LogP contribution < -0.4 is 11.1 Å². The topological polar surface area (TPSA) is 58.4 Å². The maximum absolute atomic E-state index is 12.0. The Hall–Kier alpha value is -0.520. The molecule has 0 bridgehead atoms. The third-order valence-corrected chi connectivity index (χ3v) is 4.43. The van der Waals surface area contributed by atoms with Gasteiger partial charge in [-0.15, -0.1) is 12.4 Å². The lowest BCUT2D eigenvalue weighted by atomic mass is 10.1. The molecule has 1 amide bonds. The lowest BCUT2D eigenvalue weighted by Gasteiger charge is -2.26. The summed E-state index contributed by atoms with van der Waals surface area (Å²) in [5.74, 6) is 0.628. The van der Waals surface area contributed by atoms with Gasteiger partial charge in [-0.3, -0.25) is 4.79 Å². The predicted octanol–water partition coefficient (Wildman–Crippen LogP) is 3.41. The van der Waals surface area contributed by atoms with Crippen molar-refractivity contribution in [1.29, 1.82) is 0 Å². The smallest absolute Gasteiger partial charge is 0.225 e. The molecule has 1 aromatic carbocycles. The minimum absolute atomic E-state index is 0. The van der Waals surface area contributed by atoms with Gasteiger partial charge in [0.2, 0.25) is 5.91 Å². The van der Waals surface area contributed by atoms with E-state index in [-0.39, 0.29) is 18.3 Å². The fourth-order valence-electron chi connectivity index (χ4n) is 2.46. The Kier molecular flexibility index (Phi) is 7.94. The van der Waals surface area contributed by atoms with Gasteiger partial charge in [0.25, 0.3) is 0 Å². The summed E-state index contributed by atoms with van der Waals surface area (Å²) in [4.78, 5) is 14.2. The van der Waals surface area contributed by atoms with E-state index in [0.29, 0.717) is 47.2 Å². The summed E-state index contributed by atoms with van der Waals surface area (Å²) in [7, 11) is 2.02. The largest absolute Gasteiger partial charge is 0.329 e. The van der Waals surface area contributed by atoms with Gasteiger partial charge in [0, 0.05) is 30.6 Å². The first-order valence-electron chi connectivity index (χ1n) is 7.16. The van der Waals surface area contributed by atoms with E-state index in [2.05, 4.69) is 10.2 Å². The SMILES string of the molecule is CN(CCC(=O)Nc1cc(Cl)ccc1Cl)C(CN)C1CC1.Cl. The highest BCUT2D eigenvalue weighted by atomic mass is 35.5.